The second kappa shape index (κ2) is 9.44. The number of carboxylic acids is 1. The molecule has 0 unspecified atom stereocenters. The first-order valence-electron chi connectivity index (χ1n) is 9.41. The highest BCUT2D eigenvalue weighted by Gasteiger charge is 2.22. The summed E-state index contributed by atoms with van der Waals surface area (Å²) < 4.78 is 1.56. The normalized spacial score (nSPS) is 11.0. The second-order valence-corrected chi connectivity index (χ2v) is 7.71. The third-order valence-corrected chi connectivity index (χ3v) is 5.35. The van der Waals surface area contributed by atoms with E-state index in [0.717, 1.165) is 31.2 Å². The number of aliphatic hydroxyl groups excluding tert-OH is 1. The van der Waals surface area contributed by atoms with Crippen molar-refractivity contribution in [2.75, 3.05) is 6.61 Å². The predicted molar refractivity (Wildman–Crippen MR) is 115 cm³/mol. The zero-order valence-electron chi connectivity index (χ0n) is 16.0. The van der Waals surface area contributed by atoms with Gasteiger partial charge >= 0.3 is 5.97 Å². The van der Waals surface area contributed by atoms with Crippen molar-refractivity contribution in [3.63, 3.8) is 0 Å². The first-order valence-corrected chi connectivity index (χ1v) is 10.2. The van der Waals surface area contributed by atoms with Gasteiger partial charge in [0.15, 0.2) is 5.69 Å². The molecule has 0 bridgehead atoms. The van der Waals surface area contributed by atoms with Crippen molar-refractivity contribution in [3.05, 3.63) is 69.3 Å². The van der Waals surface area contributed by atoms with Gasteiger partial charge in [0.2, 0.25) is 0 Å². The molecule has 0 saturated heterocycles. The Hall–Kier alpha value is -2.34. The average Bonchev–Trinajstić information content (AvgIpc) is 3.03. The van der Waals surface area contributed by atoms with Crippen LogP contribution >= 0.6 is 23.2 Å². The van der Waals surface area contributed by atoms with Crippen LogP contribution in [0.25, 0.3) is 16.9 Å². The van der Waals surface area contributed by atoms with E-state index in [9.17, 15) is 9.90 Å². The molecule has 0 aliphatic heterocycles. The highest BCUT2D eigenvalue weighted by molar-refractivity contribution is 6.35. The molecule has 0 fully saturated rings. The lowest BCUT2D eigenvalue weighted by Crippen LogP contribution is -2.03. The van der Waals surface area contributed by atoms with Gasteiger partial charge in [-0.05, 0) is 49.9 Å². The molecule has 1 heterocycles. The molecule has 0 aliphatic carbocycles. The molecule has 2 aromatic carbocycles. The van der Waals surface area contributed by atoms with Gasteiger partial charge in [0.25, 0.3) is 0 Å². The minimum atomic E-state index is -1.09. The van der Waals surface area contributed by atoms with E-state index in [1.54, 1.807) is 29.8 Å². The number of hydrogen-bond donors (Lipinski definition) is 2. The van der Waals surface area contributed by atoms with Gasteiger partial charge in [-0.25, -0.2) is 9.48 Å². The molecule has 0 aliphatic rings. The summed E-state index contributed by atoms with van der Waals surface area (Å²) in [6.07, 6.45) is 3.75. The van der Waals surface area contributed by atoms with Crippen molar-refractivity contribution in [1.82, 2.24) is 9.78 Å². The molecule has 0 atom stereocenters. The molecule has 152 valence electrons. The van der Waals surface area contributed by atoms with Gasteiger partial charge < -0.3 is 10.2 Å². The molecule has 2 N–H and O–H groups in total. The Bertz CT molecular complexity index is 1010. The molecular weight excluding hydrogens is 411 g/mol. The molecule has 29 heavy (non-hydrogen) atoms. The first-order chi connectivity index (χ1) is 13.9. The SMILES string of the molecule is Cc1c(C(=O)O)nn(-c2ccc(Cl)cc2Cl)c1-c1ccc(CCCCCO)cc1. The number of hydrogen-bond acceptors (Lipinski definition) is 3. The minimum absolute atomic E-state index is 0.0147. The lowest BCUT2D eigenvalue weighted by molar-refractivity contribution is 0.0689. The van der Waals surface area contributed by atoms with Crippen LogP contribution in [0.2, 0.25) is 10.0 Å². The van der Waals surface area contributed by atoms with Gasteiger partial charge in [0, 0.05) is 22.8 Å². The summed E-state index contributed by atoms with van der Waals surface area (Å²) in [5, 5.41) is 23.6. The fourth-order valence-corrected chi connectivity index (χ4v) is 3.80. The molecule has 3 aromatic rings. The van der Waals surface area contributed by atoms with E-state index >= 15 is 0 Å². The van der Waals surface area contributed by atoms with Gasteiger partial charge in [-0.15, -0.1) is 0 Å². The first kappa shape index (κ1) is 21.4. The van der Waals surface area contributed by atoms with Crippen molar-refractivity contribution in [2.24, 2.45) is 0 Å². The number of halogens is 2. The molecule has 0 spiro atoms. The minimum Gasteiger partial charge on any atom is -0.476 e. The number of unbranched alkanes of at least 4 members (excludes halogenated alkanes) is 2. The van der Waals surface area contributed by atoms with Crippen molar-refractivity contribution in [3.8, 4) is 16.9 Å². The smallest absolute Gasteiger partial charge is 0.356 e. The van der Waals surface area contributed by atoms with E-state index in [1.807, 2.05) is 24.3 Å². The number of carboxylic acid groups (broad SMARTS) is 1. The lowest BCUT2D eigenvalue weighted by atomic mass is 10.0. The zero-order chi connectivity index (χ0) is 21.0. The lowest BCUT2D eigenvalue weighted by Gasteiger charge is -2.11. The summed E-state index contributed by atoms with van der Waals surface area (Å²) in [6, 6.07) is 13.0. The van der Waals surface area contributed by atoms with Crippen molar-refractivity contribution >= 4 is 29.2 Å². The largest absolute Gasteiger partial charge is 0.476 e. The summed E-state index contributed by atoms with van der Waals surface area (Å²) >= 11 is 12.4. The van der Waals surface area contributed by atoms with Gasteiger partial charge in [-0.2, -0.15) is 5.10 Å². The number of aliphatic hydroxyl groups is 1. The third kappa shape index (κ3) is 4.81. The van der Waals surface area contributed by atoms with Gasteiger partial charge in [0.1, 0.15) is 0 Å². The molecule has 0 saturated carbocycles. The van der Waals surface area contributed by atoms with E-state index in [4.69, 9.17) is 28.3 Å². The molecule has 3 rings (SSSR count). The zero-order valence-corrected chi connectivity index (χ0v) is 17.5. The van der Waals surface area contributed by atoms with Crippen molar-refractivity contribution < 1.29 is 15.0 Å². The van der Waals surface area contributed by atoms with E-state index in [0.29, 0.717) is 27.0 Å². The molecule has 7 heteroatoms. The van der Waals surface area contributed by atoms with Crippen LogP contribution in [0.15, 0.2) is 42.5 Å². The Morgan fingerprint density at radius 1 is 1.07 bits per heavy atom. The standard InChI is InChI=1S/C22H22Cl2N2O3/c1-14-20(22(28)29)25-26(19-11-10-17(23)13-18(19)24)21(14)16-8-6-15(7-9-16)5-3-2-4-12-27/h6-11,13,27H,2-5,12H2,1H3,(H,28,29). The summed E-state index contributed by atoms with van der Waals surface area (Å²) in [5.74, 6) is -1.09. The molecule has 5 nitrogen and oxygen atoms in total. The fraction of sp³-hybridized carbons (Fsp3) is 0.273. The van der Waals surface area contributed by atoms with Crippen LogP contribution in [0.5, 0.6) is 0 Å². The van der Waals surface area contributed by atoms with Gasteiger partial charge in [-0.3, -0.25) is 0 Å². The average molecular weight is 433 g/mol. The summed E-state index contributed by atoms with van der Waals surface area (Å²) in [6.45, 7) is 1.97. The molecule has 0 amide bonds. The van der Waals surface area contributed by atoms with Gasteiger partial charge in [-0.1, -0.05) is 53.9 Å². The Morgan fingerprint density at radius 2 is 1.79 bits per heavy atom. The monoisotopic (exact) mass is 432 g/mol. The van der Waals surface area contributed by atoms with Crippen LogP contribution in [0.4, 0.5) is 0 Å². The Balaban J connectivity index is 2.01. The predicted octanol–water partition coefficient (Wildman–Crippen LogP) is 5.56. The van der Waals surface area contributed by atoms with Crippen LogP contribution in [-0.4, -0.2) is 32.6 Å². The van der Waals surface area contributed by atoms with E-state index in [2.05, 4.69) is 5.10 Å². The van der Waals surface area contributed by atoms with Crippen LogP contribution in [0, 0.1) is 6.92 Å². The highest BCUT2D eigenvalue weighted by Crippen LogP contribution is 2.33. The Kier molecular flexibility index (Phi) is 6.96. The topological polar surface area (TPSA) is 75.3 Å². The van der Waals surface area contributed by atoms with Crippen LogP contribution in [0.1, 0.15) is 40.9 Å². The number of aromatic nitrogens is 2. The summed E-state index contributed by atoms with van der Waals surface area (Å²) in [7, 11) is 0. The maximum absolute atomic E-state index is 11.7. The maximum atomic E-state index is 11.7. The number of nitrogens with zero attached hydrogens (tertiary/aromatic N) is 2. The summed E-state index contributed by atoms with van der Waals surface area (Å²) in [5.41, 5.74) is 3.84. The molecule has 1 aromatic heterocycles. The maximum Gasteiger partial charge on any atom is 0.356 e. The van der Waals surface area contributed by atoms with Crippen molar-refractivity contribution in [2.45, 2.75) is 32.6 Å². The van der Waals surface area contributed by atoms with E-state index in [1.165, 1.54) is 5.56 Å². The van der Waals surface area contributed by atoms with Gasteiger partial charge in [0.05, 0.1) is 16.4 Å². The number of benzene rings is 2. The van der Waals surface area contributed by atoms with Crippen molar-refractivity contribution in [1.29, 1.82) is 0 Å². The fourth-order valence-electron chi connectivity index (χ4n) is 3.31. The quantitative estimate of drug-likeness (QED) is 0.456. The number of aryl methyl sites for hydroxylation is 1. The number of rotatable bonds is 8. The highest BCUT2D eigenvalue weighted by atomic mass is 35.5. The van der Waals surface area contributed by atoms with E-state index in [-0.39, 0.29) is 12.3 Å². The Morgan fingerprint density at radius 3 is 2.41 bits per heavy atom. The summed E-state index contributed by atoms with van der Waals surface area (Å²) in [4.78, 5) is 11.7. The second-order valence-electron chi connectivity index (χ2n) is 6.87. The molecule has 0 radical (unpaired) electrons. The van der Waals surface area contributed by atoms with Crippen LogP contribution < -0.4 is 0 Å². The third-order valence-electron chi connectivity index (χ3n) is 4.81. The molecular formula is C22H22Cl2N2O3. The number of aromatic carboxylic acids is 1. The Labute approximate surface area is 179 Å². The van der Waals surface area contributed by atoms with E-state index < -0.39 is 5.97 Å². The number of carbonyl (C=O) groups is 1. The van der Waals surface area contributed by atoms with Crippen LogP contribution in [0.3, 0.4) is 0 Å². The van der Waals surface area contributed by atoms with Crippen LogP contribution in [-0.2, 0) is 6.42 Å².